The number of nitrogens with one attached hydrogen (secondary N) is 1. The number of piperidine rings is 1. The van der Waals surface area contributed by atoms with Gasteiger partial charge >= 0.3 is 11.9 Å². The Kier molecular flexibility index (Phi) is 9.91. The van der Waals surface area contributed by atoms with E-state index in [-0.39, 0.29) is 23.4 Å². The number of carbonyl (C=O) groups excluding carboxylic acids is 2. The maximum absolute atomic E-state index is 13.0. The molecule has 0 atom stereocenters. The molecule has 2 heterocycles. The van der Waals surface area contributed by atoms with Gasteiger partial charge in [0.25, 0.3) is 5.91 Å². The van der Waals surface area contributed by atoms with Crippen LogP contribution in [0.25, 0.3) is 0 Å². The van der Waals surface area contributed by atoms with Gasteiger partial charge in [0, 0.05) is 35.9 Å². The van der Waals surface area contributed by atoms with Crippen LogP contribution in [-0.2, 0) is 9.59 Å². The molecule has 10 heteroatoms. The van der Waals surface area contributed by atoms with E-state index in [1.165, 1.54) is 12.1 Å². The van der Waals surface area contributed by atoms with E-state index in [0.29, 0.717) is 30.9 Å². The lowest BCUT2D eigenvalue weighted by Gasteiger charge is -2.33. The quantitative estimate of drug-likeness (QED) is 0.364. The number of benzene rings is 2. The third-order valence-corrected chi connectivity index (χ3v) is 6.26. The van der Waals surface area contributed by atoms with E-state index in [2.05, 4.69) is 10.2 Å². The maximum Gasteiger partial charge on any atom is 0.328 e. The molecule has 2 aromatic carbocycles. The fourth-order valence-electron chi connectivity index (χ4n) is 4.32. The van der Waals surface area contributed by atoms with Gasteiger partial charge in [0.1, 0.15) is 5.82 Å². The second-order valence-electron chi connectivity index (χ2n) is 8.80. The van der Waals surface area contributed by atoms with Crippen LogP contribution < -0.4 is 5.32 Å². The van der Waals surface area contributed by atoms with Gasteiger partial charge in [0.2, 0.25) is 0 Å². The van der Waals surface area contributed by atoms with E-state index in [9.17, 15) is 23.6 Å². The highest BCUT2D eigenvalue weighted by Gasteiger charge is 2.27. The molecule has 0 aromatic heterocycles. The lowest BCUT2D eigenvalue weighted by atomic mass is 9.89. The van der Waals surface area contributed by atoms with Crippen LogP contribution in [0.4, 0.5) is 10.1 Å². The Hall–Kier alpha value is -4.05. The fourth-order valence-corrected chi connectivity index (χ4v) is 4.32. The van der Waals surface area contributed by atoms with Crippen LogP contribution in [0.1, 0.15) is 40.0 Å². The number of fused-ring (bicyclic) bond motifs is 1. The molecule has 4 rings (SSSR count). The summed E-state index contributed by atoms with van der Waals surface area (Å²) in [7, 11) is 0. The van der Waals surface area contributed by atoms with Crippen molar-refractivity contribution >= 4 is 29.3 Å². The number of amides is 1. The Morgan fingerprint density at radius 3 is 2.19 bits per heavy atom. The minimum absolute atomic E-state index is 0.0149. The second kappa shape index (κ2) is 13.3. The standard InChI is InChI=1S/C23H26FN3O2.C4H4O4/c24-19-8-6-17(7-9-19)22(28)18-10-14-26(15-11-18)12-3-13-27-16-25-21-5-2-1-4-20(21)23(27)29;5-3(6)1-2-4(7)8/h1-2,4-9,18,25H,3,10-16H2;1-2H,(H,5,6)(H,7,8). The second-order valence-corrected chi connectivity index (χ2v) is 8.80. The van der Waals surface area contributed by atoms with E-state index >= 15 is 0 Å². The summed E-state index contributed by atoms with van der Waals surface area (Å²) in [5.74, 6) is -2.61. The fraction of sp³-hybridized carbons (Fsp3) is 0.333. The summed E-state index contributed by atoms with van der Waals surface area (Å²) in [5, 5.41) is 18.9. The van der Waals surface area contributed by atoms with Gasteiger partial charge in [-0.2, -0.15) is 0 Å². The van der Waals surface area contributed by atoms with Gasteiger partial charge in [-0.15, -0.1) is 0 Å². The van der Waals surface area contributed by atoms with Gasteiger partial charge in [-0.1, -0.05) is 12.1 Å². The lowest BCUT2D eigenvalue weighted by molar-refractivity contribution is -0.134. The molecule has 2 aliphatic rings. The minimum atomic E-state index is -1.26. The summed E-state index contributed by atoms with van der Waals surface area (Å²) >= 11 is 0. The van der Waals surface area contributed by atoms with Crippen molar-refractivity contribution in [2.75, 3.05) is 38.2 Å². The molecular weight excluding hydrogens is 481 g/mol. The van der Waals surface area contributed by atoms with Crippen molar-refractivity contribution < 1.29 is 33.8 Å². The van der Waals surface area contributed by atoms with Crippen LogP contribution in [0.5, 0.6) is 0 Å². The average Bonchev–Trinajstić information content (AvgIpc) is 2.90. The molecule has 1 amide bonds. The van der Waals surface area contributed by atoms with Crippen LogP contribution in [0, 0.1) is 11.7 Å². The average molecular weight is 512 g/mol. The summed E-state index contributed by atoms with van der Waals surface area (Å²) in [4.78, 5) is 48.5. The zero-order valence-electron chi connectivity index (χ0n) is 20.3. The number of carboxylic acid groups (broad SMARTS) is 2. The van der Waals surface area contributed by atoms with Crippen molar-refractivity contribution in [2.45, 2.75) is 19.3 Å². The Morgan fingerprint density at radius 2 is 1.57 bits per heavy atom. The first-order chi connectivity index (χ1) is 17.7. The minimum Gasteiger partial charge on any atom is -0.478 e. The van der Waals surface area contributed by atoms with Crippen molar-refractivity contribution in [1.82, 2.24) is 9.80 Å². The molecule has 1 fully saturated rings. The van der Waals surface area contributed by atoms with E-state index in [4.69, 9.17) is 10.2 Å². The smallest absolute Gasteiger partial charge is 0.328 e. The first-order valence-electron chi connectivity index (χ1n) is 12.0. The number of hydrogen-bond donors (Lipinski definition) is 3. The number of carbonyl (C=O) groups is 4. The van der Waals surface area contributed by atoms with Crippen molar-refractivity contribution in [1.29, 1.82) is 0 Å². The molecule has 0 aliphatic carbocycles. The highest BCUT2D eigenvalue weighted by atomic mass is 19.1. The van der Waals surface area contributed by atoms with Crippen LogP contribution in [0.3, 0.4) is 0 Å². The molecular formula is C27H30FN3O6. The van der Waals surface area contributed by atoms with Gasteiger partial charge in [-0.05, 0) is 75.3 Å². The maximum atomic E-state index is 13.0. The van der Waals surface area contributed by atoms with E-state index < -0.39 is 11.9 Å². The lowest BCUT2D eigenvalue weighted by Crippen LogP contribution is -2.42. The number of likely N-dealkylation sites (tertiary alicyclic amines) is 1. The molecule has 2 aliphatic heterocycles. The van der Waals surface area contributed by atoms with E-state index in [1.807, 2.05) is 29.2 Å². The predicted octanol–water partition coefficient (Wildman–Crippen LogP) is 3.35. The summed E-state index contributed by atoms with van der Waals surface area (Å²) in [6.45, 7) is 3.95. The van der Waals surface area contributed by atoms with Crippen molar-refractivity contribution in [3.63, 3.8) is 0 Å². The molecule has 1 saturated heterocycles. The molecule has 2 aromatic rings. The van der Waals surface area contributed by atoms with Crippen LogP contribution >= 0.6 is 0 Å². The highest BCUT2D eigenvalue weighted by molar-refractivity contribution is 6.01. The summed E-state index contributed by atoms with van der Waals surface area (Å²) in [6, 6.07) is 13.5. The number of halogens is 1. The number of rotatable bonds is 8. The summed E-state index contributed by atoms with van der Waals surface area (Å²) < 4.78 is 13.0. The Labute approximate surface area is 214 Å². The largest absolute Gasteiger partial charge is 0.478 e. The molecule has 0 spiro atoms. The predicted molar refractivity (Wildman–Crippen MR) is 135 cm³/mol. The first-order valence-corrected chi connectivity index (χ1v) is 12.0. The molecule has 3 N–H and O–H groups in total. The molecule has 9 nitrogen and oxygen atoms in total. The Bertz CT molecular complexity index is 1130. The molecule has 0 saturated carbocycles. The third kappa shape index (κ3) is 8.25. The Balaban J connectivity index is 0.000000414. The highest BCUT2D eigenvalue weighted by Crippen LogP contribution is 2.23. The third-order valence-electron chi connectivity index (χ3n) is 6.26. The normalized spacial score (nSPS) is 15.9. The topological polar surface area (TPSA) is 127 Å². The number of carboxylic acids is 2. The zero-order chi connectivity index (χ0) is 26.8. The number of Topliss-reactive ketones (excluding diaryl/α,β-unsaturated/α-hetero) is 1. The molecule has 0 bridgehead atoms. The Morgan fingerprint density at radius 1 is 0.946 bits per heavy atom. The number of hydrogen-bond acceptors (Lipinski definition) is 6. The van der Waals surface area contributed by atoms with E-state index in [0.717, 1.165) is 50.1 Å². The molecule has 196 valence electrons. The molecule has 0 radical (unpaired) electrons. The van der Waals surface area contributed by atoms with E-state index in [1.54, 1.807) is 12.1 Å². The van der Waals surface area contributed by atoms with Crippen LogP contribution in [0.2, 0.25) is 0 Å². The SMILES string of the molecule is O=C(O)C=CC(=O)O.O=C(c1ccc(F)cc1)C1CCN(CCCN2CNc3ccccc3C2=O)CC1. The number of aliphatic carboxylic acids is 2. The van der Waals surface area contributed by atoms with Gasteiger partial charge in [-0.3, -0.25) is 9.59 Å². The van der Waals surface area contributed by atoms with Crippen LogP contribution in [-0.4, -0.2) is 76.5 Å². The molecule has 37 heavy (non-hydrogen) atoms. The van der Waals surface area contributed by atoms with Gasteiger partial charge in [0.15, 0.2) is 5.78 Å². The number of ketones is 1. The number of nitrogens with zero attached hydrogens (tertiary/aromatic N) is 2. The molecule has 0 unspecified atom stereocenters. The van der Waals surface area contributed by atoms with Gasteiger partial charge < -0.3 is 25.3 Å². The summed E-state index contributed by atoms with van der Waals surface area (Å²) in [5.41, 5.74) is 2.24. The first kappa shape index (κ1) is 27.5. The zero-order valence-corrected chi connectivity index (χ0v) is 20.3. The van der Waals surface area contributed by atoms with Crippen LogP contribution in [0.15, 0.2) is 60.7 Å². The van der Waals surface area contributed by atoms with Crippen molar-refractivity contribution in [3.8, 4) is 0 Å². The summed E-state index contributed by atoms with van der Waals surface area (Å²) in [6.07, 6.45) is 3.68. The number of para-hydroxylation sites is 1. The van der Waals surface area contributed by atoms with Crippen molar-refractivity contribution in [2.24, 2.45) is 5.92 Å². The number of anilines is 1. The van der Waals surface area contributed by atoms with Crippen molar-refractivity contribution in [3.05, 3.63) is 77.6 Å². The van der Waals surface area contributed by atoms with Gasteiger partial charge in [-0.25, -0.2) is 14.0 Å². The monoisotopic (exact) mass is 511 g/mol. The van der Waals surface area contributed by atoms with Gasteiger partial charge in [0.05, 0.1) is 12.2 Å².